The molecule has 2 rings (SSSR count). The summed E-state index contributed by atoms with van der Waals surface area (Å²) in [7, 11) is 0. The van der Waals surface area contributed by atoms with E-state index in [1.807, 2.05) is 56.5 Å². The summed E-state index contributed by atoms with van der Waals surface area (Å²) in [6.07, 6.45) is 1.69. The smallest absolute Gasteiger partial charge is 0.187 e. The SMILES string of the molecule is CCOc1cc(/C=N\NC(=S)NC(C)C)ccc1OCc1cccs1. The first kappa shape index (κ1) is 19.2. The first-order chi connectivity index (χ1) is 12.1. The molecule has 2 N–H and O–H groups in total. The molecule has 0 aliphatic rings. The Bertz CT molecular complexity index is 700. The van der Waals surface area contributed by atoms with Gasteiger partial charge in [0.2, 0.25) is 0 Å². The van der Waals surface area contributed by atoms with Gasteiger partial charge in [0.15, 0.2) is 16.6 Å². The maximum atomic E-state index is 5.87. The largest absolute Gasteiger partial charge is 0.490 e. The minimum Gasteiger partial charge on any atom is -0.490 e. The van der Waals surface area contributed by atoms with Gasteiger partial charge in [-0.1, -0.05) is 6.07 Å². The summed E-state index contributed by atoms with van der Waals surface area (Å²) in [5, 5.41) is 9.73. The van der Waals surface area contributed by atoms with E-state index in [9.17, 15) is 0 Å². The van der Waals surface area contributed by atoms with Gasteiger partial charge in [0.05, 0.1) is 12.8 Å². The predicted octanol–water partition coefficient (Wildman–Crippen LogP) is 3.93. The second-order valence-corrected chi connectivity index (χ2v) is 6.95. The zero-order valence-electron chi connectivity index (χ0n) is 14.6. The molecule has 0 atom stereocenters. The molecule has 0 bridgehead atoms. The molecule has 0 radical (unpaired) electrons. The number of thiocarbonyl (C=S) groups is 1. The van der Waals surface area contributed by atoms with Crippen molar-refractivity contribution >= 4 is 34.9 Å². The Kier molecular flexibility index (Phi) is 7.69. The minimum atomic E-state index is 0.263. The second-order valence-electron chi connectivity index (χ2n) is 5.51. The van der Waals surface area contributed by atoms with Crippen LogP contribution in [0.15, 0.2) is 40.8 Å². The zero-order chi connectivity index (χ0) is 18.1. The van der Waals surface area contributed by atoms with Gasteiger partial charge in [-0.2, -0.15) is 5.10 Å². The Hall–Kier alpha value is -2.12. The van der Waals surface area contributed by atoms with Crippen molar-refractivity contribution in [2.24, 2.45) is 5.10 Å². The van der Waals surface area contributed by atoms with Crippen LogP contribution in [-0.4, -0.2) is 24.0 Å². The van der Waals surface area contributed by atoms with Crippen molar-refractivity contribution < 1.29 is 9.47 Å². The summed E-state index contributed by atoms with van der Waals surface area (Å²) in [6, 6.07) is 10.0. The van der Waals surface area contributed by atoms with Crippen molar-refractivity contribution in [1.82, 2.24) is 10.7 Å². The van der Waals surface area contributed by atoms with E-state index in [1.54, 1.807) is 17.6 Å². The van der Waals surface area contributed by atoms with Crippen molar-refractivity contribution in [3.8, 4) is 11.5 Å². The van der Waals surface area contributed by atoms with Gasteiger partial charge in [0, 0.05) is 10.9 Å². The van der Waals surface area contributed by atoms with Crippen LogP contribution in [-0.2, 0) is 6.61 Å². The van der Waals surface area contributed by atoms with Gasteiger partial charge in [0.1, 0.15) is 6.61 Å². The molecule has 0 amide bonds. The van der Waals surface area contributed by atoms with Crippen LogP contribution in [0.5, 0.6) is 11.5 Å². The highest BCUT2D eigenvalue weighted by Crippen LogP contribution is 2.29. The normalized spacial score (nSPS) is 10.9. The van der Waals surface area contributed by atoms with Crippen LogP contribution in [0.1, 0.15) is 31.2 Å². The lowest BCUT2D eigenvalue weighted by molar-refractivity contribution is 0.271. The maximum absolute atomic E-state index is 5.87. The number of hydrogen-bond acceptors (Lipinski definition) is 5. The van der Waals surface area contributed by atoms with Crippen molar-refractivity contribution in [3.63, 3.8) is 0 Å². The topological polar surface area (TPSA) is 54.9 Å². The molecule has 5 nitrogen and oxygen atoms in total. The molecule has 1 heterocycles. The van der Waals surface area contributed by atoms with Gasteiger partial charge < -0.3 is 14.8 Å². The number of thiophene rings is 1. The maximum Gasteiger partial charge on any atom is 0.187 e. The monoisotopic (exact) mass is 377 g/mol. The molecular formula is C18H23N3O2S2. The molecule has 0 unspecified atom stereocenters. The number of hydrazone groups is 1. The fraction of sp³-hybridized carbons (Fsp3) is 0.333. The lowest BCUT2D eigenvalue weighted by Gasteiger charge is -2.12. The zero-order valence-corrected chi connectivity index (χ0v) is 16.2. The molecule has 2 aromatic rings. The average Bonchev–Trinajstić information content (AvgIpc) is 3.07. The van der Waals surface area contributed by atoms with E-state index < -0.39 is 0 Å². The van der Waals surface area contributed by atoms with Crippen molar-refractivity contribution in [3.05, 3.63) is 46.2 Å². The fourth-order valence-corrected chi connectivity index (χ4v) is 2.90. The predicted molar refractivity (Wildman–Crippen MR) is 108 cm³/mol. The van der Waals surface area contributed by atoms with Gasteiger partial charge >= 0.3 is 0 Å². The standard InChI is InChI=1S/C18H23N3O2S2/c1-4-22-17-10-14(11-19-21-18(24)20-13(2)3)7-8-16(17)23-12-15-6-5-9-25-15/h5-11,13H,4,12H2,1-3H3,(H2,20,21,24)/b19-11-. The fourth-order valence-electron chi connectivity index (χ4n) is 2.00. The Balaban J connectivity index is 2.00. The van der Waals surface area contributed by atoms with Crippen LogP contribution in [0, 0.1) is 0 Å². The molecule has 1 aromatic heterocycles. The number of ether oxygens (including phenoxy) is 2. The van der Waals surface area contributed by atoms with Crippen LogP contribution in [0.3, 0.4) is 0 Å². The number of hydrogen-bond donors (Lipinski definition) is 2. The molecule has 0 aliphatic carbocycles. The molecule has 0 fully saturated rings. The van der Waals surface area contributed by atoms with E-state index in [2.05, 4.69) is 15.8 Å². The average molecular weight is 378 g/mol. The van der Waals surface area contributed by atoms with E-state index in [-0.39, 0.29) is 6.04 Å². The molecule has 0 spiro atoms. The Labute approximate surface area is 158 Å². The van der Waals surface area contributed by atoms with E-state index in [1.165, 1.54) is 4.88 Å². The van der Waals surface area contributed by atoms with Gasteiger partial charge in [-0.15, -0.1) is 11.3 Å². The molecule has 0 saturated carbocycles. The van der Waals surface area contributed by atoms with Crippen molar-refractivity contribution in [1.29, 1.82) is 0 Å². The molecule has 7 heteroatoms. The second kappa shape index (κ2) is 10.0. The Morgan fingerprint density at radius 2 is 2.12 bits per heavy atom. The van der Waals surface area contributed by atoms with E-state index >= 15 is 0 Å². The highest BCUT2D eigenvalue weighted by Gasteiger charge is 2.07. The van der Waals surface area contributed by atoms with Gasteiger partial charge in [-0.3, -0.25) is 5.43 Å². The third-order valence-corrected chi connectivity index (χ3v) is 4.08. The Morgan fingerprint density at radius 1 is 1.28 bits per heavy atom. The summed E-state index contributed by atoms with van der Waals surface area (Å²) in [6.45, 7) is 7.07. The summed E-state index contributed by atoms with van der Waals surface area (Å²) >= 11 is 6.80. The van der Waals surface area contributed by atoms with Crippen molar-refractivity contribution in [2.75, 3.05) is 6.61 Å². The molecule has 134 valence electrons. The summed E-state index contributed by atoms with van der Waals surface area (Å²) in [5.74, 6) is 1.42. The molecular weight excluding hydrogens is 354 g/mol. The molecule has 0 aliphatic heterocycles. The summed E-state index contributed by atoms with van der Waals surface area (Å²) < 4.78 is 11.6. The van der Waals surface area contributed by atoms with Crippen LogP contribution in [0.25, 0.3) is 0 Å². The van der Waals surface area contributed by atoms with Gasteiger partial charge in [-0.05, 0) is 68.2 Å². The number of nitrogens with one attached hydrogen (secondary N) is 2. The van der Waals surface area contributed by atoms with E-state index in [0.717, 1.165) is 11.3 Å². The summed E-state index contributed by atoms with van der Waals surface area (Å²) in [4.78, 5) is 1.17. The highest BCUT2D eigenvalue weighted by atomic mass is 32.1. The Morgan fingerprint density at radius 3 is 2.80 bits per heavy atom. The number of rotatable bonds is 8. The molecule has 1 aromatic carbocycles. The van der Waals surface area contributed by atoms with E-state index in [0.29, 0.717) is 24.1 Å². The minimum absolute atomic E-state index is 0.263. The summed E-state index contributed by atoms with van der Waals surface area (Å²) in [5.41, 5.74) is 3.69. The molecule has 0 saturated heterocycles. The third kappa shape index (κ3) is 6.72. The molecule has 25 heavy (non-hydrogen) atoms. The lowest BCUT2D eigenvalue weighted by Crippen LogP contribution is -2.36. The van der Waals surface area contributed by atoms with Crippen LogP contribution in [0.4, 0.5) is 0 Å². The number of benzene rings is 1. The quantitative estimate of drug-likeness (QED) is 0.415. The van der Waals surface area contributed by atoms with Gasteiger partial charge in [-0.25, -0.2) is 0 Å². The highest BCUT2D eigenvalue weighted by molar-refractivity contribution is 7.80. The lowest BCUT2D eigenvalue weighted by atomic mass is 10.2. The third-order valence-electron chi connectivity index (χ3n) is 3.02. The van der Waals surface area contributed by atoms with Crippen LogP contribution < -0.4 is 20.2 Å². The van der Waals surface area contributed by atoms with Crippen LogP contribution >= 0.6 is 23.6 Å². The van der Waals surface area contributed by atoms with E-state index in [4.69, 9.17) is 21.7 Å². The van der Waals surface area contributed by atoms with Crippen molar-refractivity contribution in [2.45, 2.75) is 33.4 Å². The van der Waals surface area contributed by atoms with Crippen LogP contribution in [0.2, 0.25) is 0 Å². The van der Waals surface area contributed by atoms with Gasteiger partial charge in [0.25, 0.3) is 0 Å². The number of nitrogens with zero attached hydrogens (tertiary/aromatic N) is 1. The first-order valence-corrected chi connectivity index (χ1v) is 9.39. The first-order valence-electron chi connectivity index (χ1n) is 8.10.